The van der Waals surface area contributed by atoms with E-state index in [0.29, 0.717) is 0 Å². The summed E-state index contributed by atoms with van der Waals surface area (Å²) in [6.07, 6.45) is 0. The monoisotopic (exact) mass is 145 g/mol. The zero-order valence-corrected chi connectivity index (χ0v) is 4.88. The van der Waals surface area contributed by atoms with Crippen molar-refractivity contribution in [2.75, 3.05) is 0 Å². The van der Waals surface area contributed by atoms with Crippen molar-refractivity contribution in [2.24, 2.45) is 10.9 Å². The van der Waals surface area contributed by atoms with E-state index < -0.39 is 5.96 Å². The van der Waals surface area contributed by atoms with Gasteiger partial charge in [0.05, 0.1) is 0 Å². The zero-order chi connectivity index (χ0) is 4.28. The third kappa shape index (κ3) is 27.6. The van der Waals surface area contributed by atoms with Gasteiger partial charge in [-0.05, 0) is 0 Å². The standard InChI is InChI=1S/CH3N3O.2ClH/c2-1(3)4-5;;/h(H3,2,3);2*1H. The summed E-state index contributed by atoms with van der Waals surface area (Å²) in [5.74, 6) is -0.676. The van der Waals surface area contributed by atoms with E-state index in [1.165, 1.54) is 0 Å². The summed E-state index contributed by atoms with van der Waals surface area (Å²) >= 11 is 0. The Morgan fingerprint density at radius 1 is 1.57 bits per heavy atom. The number of halogens is 2. The summed E-state index contributed by atoms with van der Waals surface area (Å²) < 4.78 is 0. The molecule has 0 aliphatic rings. The second-order valence-corrected chi connectivity index (χ2v) is 0.477. The van der Waals surface area contributed by atoms with Crippen LogP contribution < -0.4 is 5.73 Å². The second-order valence-electron chi connectivity index (χ2n) is 0.477. The largest absolute Gasteiger partial charge is 0.366 e. The molecule has 3 N–H and O–H groups in total. The van der Waals surface area contributed by atoms with Crippen LogP contribution in [0.5, 0.6) is 0 Å². The van der Waals surface area contributed by atoms with Crippen LogP contribution in [0.3, 0.4) is 0 Å². The first-order valence-electron chi connectivity index (χ1n) is 0.945. The fraction of sp³-hybridized carbons (Fsp3) is 0. The number of nitrogens with zero attached hydrogens (tertiary/aromatic N) is 1. The number of nitrogens with two attached hydrogens (primary N) is 1. The van der Waals surface area contributed by atoms with E-state index in [2.05, 4.69) is 5.73 Å². The van der Waals surface area contributed by atoms with Crippen molar-refractivity contribution >= 4 is 30.8 Å². The highest BCUT2D eigenvalue weighted by Gasteiger charge is 1.70. The van der Waals surface area contributed by atoms with Crippen molar-refractivity contribution in [3.63, 3.8) is 0 Å². The molecule has 0 unspecified atom stereocenters. The van der Waals surface area contributed by atoms with Crippen LogP contribution >= 0.6 is 24.8 Å². The van der Waals surface area contributed by atoms with Crippen LogP contribution in [-0.2, 0) is 0 Å². The number of rotatable bonds is 0. The predicted octanol–water partition coefficient (Wildman–Crippen LogP) is 0.490. The maximum atomic E-state index is 8.91. The highest BCUT2D eigenvalue weighted by Crippen LogP contribution is 1.50. The molecule has 0 spiro atoms. The Morgan fingerprint density at radius 3 is 1.71 bits per heavy atom. The molecule has 44 valence electrons. The van der Waals surface area contributed by atoms with Crippen LogP contribution in [0, 0.1) is 10.3 Å². The first kappa shape index (κ1) is 15.9. The molecule has 7 heavy (non-hydrogen) atoms. The van der Waals surface area contributed by atoms with Crippen molar-refractivity contribution < 1.29 is 0 Å². The van der Waals surface area contributed by atoms with Gasteiger partial charge in [-0.3, -0.25) is 5.41 Å². The molecular weight excluding hydrogens is 141 g/mol. The van der Waals surface area contributed by atoms with E-state index in [0.717, 1.165) is 0 Å². The number of guanidine groups is 1. The SMILES string of the molecule is Cl.Cl.N=C(N)N=O. The topological polar surface area (TPSA) is 79.3 Å². The fourth-order valence-electron chi connectivity index (χ4n) is 0. The Balaban J connectivity index is -0.0000000800. The van der Waals surface area contributed by atoms with Gasteiger partial charge in [0.2, 0.25) is 0 Å². The molecule has 0 radical (unpaired) electrons. The highest BCUT2D eigenvalue weighted by atomic mass is 35.5. The molecule has 0 aromatic heterocycles. The maximum Gasteiger partial charge on any atom is 0.254 e. The Bertz CT molecular complexity index is 64.0. The van der Waals surface area contributed by atoms with Crippen molar-refractivity contribution in [3.05, 3.63) is 4.91 Å². The normalized spacial score (nSPS) is 4.57. The zero-order valence-electron chi connectivity index (χ0n) is 3.25. The molecule has 0 aromatic carbocycles. The maximum absolute atomic E-state index is 8.91. The number of hydrogen-bond acceptors (Lipinski definition) is 2. The summed E-state index contributed by atoms with van der Waals surface area (Å²) in [6, 6.07) is 0. The Morgan fingerprint density at radius 2 is 1.71 bits per heavy atom. The molecule has 0 saturated carbocycles. The minimum atomic E-state index is -0.676. The molecule has 0 amide bonds. The summed E-state index contributed by atoms with van der Waals surface area (Å²) in [5, 5.41) is 8.04. The third-order valence-electron chi connectivity index (χ3n) is 0.0983. The van der Waals surface area contributed by atoms with E-state index in [1.54, 1.807) is 0 Å². The summed E-state index contributed by atoms with van der Waals surface area (Å²) in [5.41, 5.74) is 4.40. The molecule has 0 heterocycles. The summed E-state index contributed by atoms with van der Waals surface area (Å²) in [6.45, 7) is 0. The lowest BCUT2D eigenvalue weighted by Gasteiger charge is -1.64. The second kappa shape index (κ2) is 9.17. The predicted molar refractivity (Wildman–Crippen MR) is 32.2 cm³/mol. The van der Waals surface area contributed by atoms with Gasteiger partial charge >= 0.3 is 0 Å². The van der Waals surface area contributed by atoms with E-state index in [4.69, 9.17) is 10.3 Å². The van der Waals surface area contributed by atoms with Gasteiger partial charge in [0.1, 0.15) is 0 Å². The van der Waals surface area contributed by atoms with Gasteiger partial charge in [0.15, 0.2) is 0 Å². The average Bonchev–Trinajstić information content (AvgIpc) is 1.38. The van der Waals surface area contributed by atoms with E-state index in [1.807, 2.05) is 5.18 Å². The van der Waals surface area contributed by atoms with Crippen molar-refractivity contribution in [1.82, 2.24) is 0 Å². The smallest absolute Gasteiger partial charge is 0.254 e. The lowest BCUT2D eigenvalue weighted by Crippen LogP contribution is -2.02. The first-order chi connectivity index (χ1) is 2.27. The van der Waals surface area contributed by atoms with E-state index >= 15 is 0 Å². The molecule has 0 aliphatic heterocycles. The van der Waals surface area contributed by atoms with Gasteiger partial charge in [-0.2, -0.15) is 0 Å². The quantitative estimate of drug-likeness (QED) is 0.296. The van der Waals surface area contributed by atoms with Gasteiger partial charge in [-0.15, -0.1) is 29.7 Å². The van der Waals surface area contributed by atoms with Crippen LogP contribution in [0.1, 0.15) is 0 Å². The molecule has 4 nitrogen and oxygen atoms in total. The summed E-state index contributed by atoms with van der Waals surface area (Å²) in [7, 11) is 0. The minimum Gasteiger partial charge on any atom is -0.366 e. The first-order valence-corrected chi connectivity index (χ1v) is 0.945. The Kier molecular flexibility index (Phi) is 20.9. The summed E-state index contributed by atoms with van der Waals surface area (Å²) in [4.78, 5) is 8.91. The molecule has 0 rings (SSSR count). The number of hydrogen-bond donors (Lipinski definition) is 2. The number of nitroso groups, excluding NO2 is 1. The van der Waals surface area contributed by atoms with Gasteiger partial charge in [0, 0.05) is 5.18 Å². The van der Waals surface area contributed by atoms with Crippen LogP contribution in [0.15, 0.2) is 5.18 Å². The van der Waals surface area contributed by atoms with Crippen LogP contribution in [0.4, 0.5) is 0 Å². The lowest BCUT2D eigenvalue weighted by molar-refractivity contribution is 1.37. The van der Waals surface area contributed by atoms with E-state index in [-0.39, 0.29) is 24.8 Å². The Labute approximate surface area is 52.8 Å². The van der Waals surface area contributed by atoms with Gasteiger partial charge in [0.25, 0.3) is 5.96 Å². The van der Waals surface area contributed by atoms with Gasteiger partial charge < -0.3 is 5.73 Å². The van der Waals surface area contributed by atoms with Crippen molar-refractivity contribution in [3.8, 4) is 0 Å². The molecule has 0 aliphatic carbocycles. The fourth-order valence-corrected chi connectivity index (χ4v) is 0. The van der Waals surface area contributed by atoms with E-state index in [9.17, 15) is 0 Å². The molecule has 0 fully saturated rings. The molecule has 0 bridgehead atoms. The Hall–Kier alpha value is -0.350. The van der Waals surface area contributed by atoms with Crippen LogP contribution in [0.25, 0.3) is 0 Å². The van der Waals surface area contributed by atoms with Gasteiger partial charge in [-0.25, -0.2) is 0 Å². The molecule has 6 heteroatoms. The molecule has 0 atom stereocenters. The molecular formula is CH5Cl2N3O. The molecule has 0 saturated heterocycles. The highest BCUT2D eigenvalue weighted by molar-refractivity contribution is 5.85. The lowest BCUT2D eigenvalue weighted by atomic mass is 11.1. The average molecular weight is 146 g/mol. The third-order valence-corrected chi connectivity index (χ3v) is 0.0983. The molecule has 0 aromatic rings. The van der Waals surface area contributed by atoms with Gasteiger partial charge in [-0.1, -0.05) is 0 Å². The number of nitrogens with one attached hydrogen (secondary N) is 1. The van der Waals surface area contributed by atoms with Crippen molar-refractivity contribution in [2.45, 2.75) is 0 Å². The van der Waals surface area contributed by atoms with Crippen LogP contribution in [0.2, 0.25) is 0 Å². The van der Waals surface area contributed by atoms with Crippen molar-refractivity contribution in [1.29, 1.82) is 5.41 Å². The minimum absolute atomic E-state index is 0. The van der Waals surface area contributed by atoms with Crippen LogP contribution in [-0.4, -0.2) is 5.96 Å².